The Bertz CT molecular complexity index is 671. The van der Waals surface area contributed by atoms with E-state index >= 15 is 0 Å². The molecule has 1 aliphatic heterocycles. The van der Waals surface area contributed by atoms with E-state index in [9.17, 15) is 4.79 Å². The minimum absolute atomic E-state index is 0.0796. The maximum Gasteiger partial charge on any atom is 0.249 e. The average molecular weight is 292 g/mol. The molecule has 0 spiro atoms. The number of hydrogen-bond donors (Lipinski definition) is 1. The van der Waals surface area contributed by atoms with Crippen LogP contribution in [0.4, 0.5) is 0 Å². The van der Waals surface area contributed by atoms with Crippen molar-refractivity contribution >= 4 is 17.7 Å². The Hall–Kier alpha value is -2.22. The molecule has 1 amide bonds. The number of nitrogens with one attached hydrogen (secondary N) is 1. The zero-order valence-electron chi connectivity index (χ0n) is 10.9. The van der Waals surface area contributed by atoms with Gasteiger partial charge in [0.05, 0.1) is 20.0 Å². The van der Waals surface area contributed by atoms with E-state index in [1.807, 2.05) is 6.07 Å². The average Bonchev–Trinajstić information content (AvgIpc) is 2.89. The highest BCUT2D eigenvalue weighted by Gasteiger charge is 2.22. The van der Waals surface area contributed by atoms with Gasteiger partial charge < -0.3 is 9.47 Å². The summed E-state index contributed by atoms with van der Waals surface area (Å²) in [6, 6.07) is 5.42. The molecule has 0 aliphatic carbocycles. The topological polar surface area (TPSA) is 78.3 Å². The summed E-state index contributed by atoms with van der Waals surface area (Å²) in [5.74, 6) is 2.06. The van der Waals surface area contributed by atoms with Crippen LogP contribution in [0.3, 0.4) is 0 Å². The Morgan fingerprint density at radius 1 is 1.25 bits per heavy atom. The number of rotatable bonds is 3. The van der Waals surface area contributed by atoms with Gasteiger partial charge in [-0.05, 0) is 18.2 Å². The molecule has 8 heteroatoms. The van der Waals surface area contributed by atoms with Gasteiger partial charge in [0.2, 0.25) is 11.1 Å². The van der Waals surface area contributed by atoms with Crippen LogP contribution in [-0.4, -0.2) is 40.8 Å². The van der Waals surface area contributed by atoms with Gasteiger partial charge in [-0.1, -0.05) is 11.8 Å². The van der Waals surface area contributed by atoms with E-state index in [-0.39, 0.29) is 5.91 Å². The summed E-state index contributed by atoms with van der Waals surface area (Å²) in [5, 5.41) is 8.83. The van der Waals surface area contributed by atoms with Crippen LogP contribution in [-0.2, 0) is 4.79 Å². The second-order valence-electron chi connectivity index (χ2n) is 4.04. The summed E-state index contributed by atoms with van der Waals surface area (Å²) >= 11 is 1.35. The first-order valence-corrected chi connectivity index (χ1v) is 6.82. The van der Waals surface area contributed by atoms with Crippen LogP contribution in [0.2, 0.25) is 0 Å². The van der Waals surface area contributed by atoms with Crippen molar-refractivity contribution in [1.82, 2.24) is 14.9 Å². The van der Waals surface area contributed by atoms with Crippen molar-refractivity contribution in [2.75, 3.05) is 25.4 Å². The molecular weight excluding hydrogens is 280 g/mol. The van der Waals surface area contributed by atoms with Gasteiger partial charge in [-0.2, -0.15) is 0 Å². The summed E-state index contributed by atoms with van der Waals surface area (Å²) in [4.78, 5) is 11.5. The van der Waals surface area contributed by atoms with Crippen molar-refractivity contribution < 1.29 is 14.3 Å². The summed E-state index contributed by atoms with van der Waals surface area (Å²) in [6.45, 7) is 0. The summed E-state index contributed by atoms with van der Waals surface area (Å²) in [5.41, 5.74) is 3.51. The number of thioether (sulfide) groups is 1. The fourth-order valence-corrected chi connectivity index (χ4v) is 2.60. The number of amides is 1. The second kappa shape index (κ2) is 5.04. The van der Waals surface area contributed by atoms with Gasteiger partial charge >= 0.3 is 0 Å². The van der Waals surface area contributed by atoms with Gasteiger partial charge in [0.1, 0.15) is 0 Å². The molecule has 3 rings (SSSR count). The molecule has 1 N–H and O–H groups in total. The van der Waals surface area contributed by atoms with Crippen LogP contribution in [0, 0.1) is 0 Å². The maximum atomic E-state index is 11.5. The highest BCUT2D eigenvalue weighted by Crippen LogP contribution is 2.33. The molecule has 2 aromatic rings. The lowest BCUT2D eigenvalue weighted by Crippen LogP contribution is -2.29. The first kappa shape index (κ1) is 12.8. The fraction of sp³-hybridized carbons (Fsp3) is 0.250. The lowest BCUT2D eigenvalue weighted by Gasteiger charge is -2.15. The van der Waals surface area contributed by atoms with Crippen LogP contribution >= 0.6 is 11.8 Å². The molecule has 1 aliphatic rings. The number of benzene rings is 1. The molecular formula is C12H12N4O3S. The molecule has 0 atom stereocenters. The lowest BCUT2D eigenvalue weighted by molar-refractivity contribution is -0.114. The van der Waals surface area contributed by atoms with Gasteiger partial charge in [0.25, 0.3) is 0 Å². The Morgan fingerprint density at radius 2 is 2.05 bits per heavy atom. The van der Waals surface area contributed by atoms with E-state index in [0.717, 1.165) is 5.56 Å². The van der Waals surface area contributed by atoms with Crippen LogP contribution in [0.25, 0.3) is 11.4 Å². The number of carbonyl (C=O) groups excluding carboxylic acids is 1. The number of aromatic nitrogens is 3. The second-order valence-corrected chi connectivity index (χ2v) is 4.98. The fourth-order valence-electron chi connectivity index (χ4n) is 1.91. The van der Waals surface area contributed by atoms with Crippen molar-refractivity contribution in [2.45, 2.75) is 5.16 Å². The highest BCUT2D eigenvalue weighted by molar-refractivity contribution is 7.99. The smallest absolute Gasteiger partial charge is 0.249 e. The van der Waals surface area contributed by atoms with Crippen LogP contribution < -0.4 is 14.9 Å². The third-order valence-corrected chi connectivity index (χ3v) is 3.77. The summed E-state index contributed by atoms with van der Waals surface area (Å²) in [6.07, 6.45) is 0. The molecule has 20 heavy (non-hydrogen) atoms. The Labute approximate surface area is 119 Å². The zero-order valence-corrected chi connectivity index (χ0v) is 11.7. The number of hydrogen-bond acceptors (Lipinski definition) is 6. The predicted octanol–water partition coefficient (Wildman–Crippen LogP) is 1.14. The number of carbonyl (C=O) groups is 1. The van der Waals surface area contributed by atoms with Crippen LogP contribution in [0.15, 0.2) is 23.4 Å². The Morgan fingerprint density at radius 3 is 2.80 bits per heavy atom. The third kappa shape index (κ3) is 2.07. The minimum atomic E-state index is -0.0796. The number of ether oxygens (including phenoxy) is 2. The number of fused-ring (bicyclic) bond motifs is 1. The zero-order chi connectivity index (χ0) is 14.1. The van der Waals surface area contributed by atoms with E-state index in [0.29, 0.717) is 28.2 Å². The largest absolute Gasteiger partial charge is 0.493 e. The molecule has 1 aromatic carbocycles. The molecule has 0 saturated heterocycles. The molecule has 0 unspecified atom stereocenters. The standard InChI is InChI=1S/C12H12N4O3S/c1-18-8-4-3-7(5-9(8)19-2)11-13-14-12-16(11)15-10(17)6-20-12/h3-5H,6H2,1-2H3,(H,15,17). The van der Waals surface area contributed by atoms with E-state index < -0.39 is 0 Å². The van der Waals surface area contributed by atoms with Gasteiger partial charge in [0.15, 0.2) is 17.3 Å². The Balaban J connectivity index is 2.06. The van der Waals surface area contributed by atoms with Gasteiger partial charge in [0, 0.05) is 5.56 Å². The molecule has 1 aromatic heterocycles. The number of nitrogens with zero attached hydrogens (tertiary/aromatic N) is 3. The maximum absolute atomic E-state index is 11.5. The van der Waals surface area contributed by atoms with Crippen molar-refractivity contribution in [3.63, 3.8) is 0 Å². The SMILES string of the molecule is COc1ccc(-c2nnc3n2NC(=O)CS3)cc1OC. The highest BCUT2D eigenvalue weighted by atomic mass is 32.2. The molecule has 0 bridgehead atoms. The van der Waals surface area contributed by atoms with Crippen molar-refractivity contribution in [3.05, 3.63) is 18.2 Å². The quantitative estimate of drug-likeness (QED) is 0.914. The van der Waals surface area contributed by atoms with Crippen molar-refractivity contribution in [1.29, 1.82) is 0 Å². The predicted molar refractivity (Wildman–Crippen MR) is 73.7 cm³/mol. The van der Waals surface area contributed by atoms with Crippen LogP contribution in [0.1, 0.15) is 0 Å². The van der Waals surface area contributed by atoms with Gasteiger partial charge in [-0.15, -0.1) is 10.2 Å². The summed E-state index contributed by atoms with van der Waals surface area (Å²) in [7, 11) is 3.14. The molecule has 2 heterocycles. The first-order chi connectivity index (χ1) is 9.72. The molecule has 0 fully saturated rings. The number of methoxy groups -OCH3 is 2. The van der Waals surface area contributed by atoms with Crippen LogP contribution in [0.5, 0.6) is 11.5 Å². The van der Waals surface area contributed by atoms with Crippen molar-refractivity contribution in [3.8, 4) is 22.9 Å². The van der Waals surface area contributed by atoms with E-state index in [4.69, 9.17) is 9.47 Å². The molecule has 7 nitrogen and oxygen atoms in total. The van der Waals surface area contributed by atoms with Gasteiger partial charge in [-0.25, -0.2) is 4.68 Å². The third-order valence-electron chi connectivity index (χ3n) is 2.84. The van der Waals surface area contributed by atoms with E-state index in [1.54, 1.807) is 31.0 Å². The summed E-state index contributed by atoms with van der Waals surface area (Å²) < 4.78 is 12.0. The molecule has 0 radical (unpaired) electrons. The monoisotopic (exact) mass is 292 g/mol. The van der Waals surface area contributed by atoms with E-state index in [2.05, 4.69) is 15.6 Å². The minimum Gasteiger partial charge on any atom is -0.493 e. The molecule has 0 saturated carbocycles. The van der Waals surface area contributed by atoms with E-state index in [1.165, 1.54) is 11.8 Å². The van der Waals surface area contributed by atoms with Gasteiger partial charge in [-0.3, -0.25) is 10.2 Å². The first-order valence-electron chi connectivity index (χ1n) is 5.83. The molecule has 104 valence electrons. The Kier molecular flexibility index (Phi) is 3.23. The van der Waals surface area contributed by atoms with Crippen molar-refractivity contribution in [2.24, 2.45) is 0 Å². The normalized spacial score (nSPS) is 13.6. The lowest BCUT2D eigenvalue weighted by atomic mass is 10.2.